The molecule has 2 aromatic rings. The molecule has 146 valence electrons. The fourth-order valence-electron chi connectivity index (χ4n) is 3.53. The molecule has 0 aliphatic carbocycles. The van der Waals surface area contributed by atoms with Gasteiger partial charge in [0, 0.05) is 36.6 Å². The zero-order valence-corrected chi connectivity index (χ0v) is 16.5. The molecule has 27 heavy (non-hydrogen) atoms. The normalized spacial score (nSPS) is 17.8. The van der Waals surface area contributed by atoms with Crippen LogP contribution in [-0.2, 0) is 11.2 Å². The lowest BCUT2D eigenvalue weighted by molar-refractivity contribution is -0.137. The summed E-state index contributed by atoms with van der Waals surface area (Å²) in [5.41, 5.74) is 7.13. The molecule has 3 rings (SSSR count). The van der Waals surface area contributed by atoms with E-state index in [2.05, 4.69) is 25.5 Å². The number of hydrogen-bond acceptors (Lipinski definition) is 6. The Hall–Kier alpha value is -2.48. The van der Waals surface area contributed by atoms with Crippen molar-refractivity contribution in [3.05, 3.63) is 29.3 Å². The van der Waals surface area contributed by atoms with Crippen molar-refractivity contribution in [3.8, 4) is 0 Å². The number of aryl methyl sites for hydroxylation is 2. The summed E-state index contributed by atoms with van der Waals surface area (Å²) in [4.78, 5) is 23.4. The molecule has 1 fully saturated rings. The summed E-state index contributed by atoms with van der Waals surface area (Å²) in [7, 11) is 0. The predicted octanol–water partition coefficient (Wildman–Crippen LogP) is 2.08. The summed E-state index contributed by atoms with van der Waals surface area (Å²) < 4.78 is 0. The smallest absolute Gasteiger partial charge is 0.242 e. The first-order chi connectivity index (χ1) is 12.7. The molecule has 8 nitrogen and oxygen atoms in total. The second kappa shape index (κ2) is 7.64. The van der Waals surface area contributed by atoms with Gasteiger partial charge >= 0.3 is 0 Å². The highest BCUT2D eigenvalue weighted by Crippen LogP contribution is 2.23. The van der Waals surface area contributed by atoms with Crippen LogP contribution in [0, 0.1) is 19.8 Å². The maximum atomic E-state index is 12.5. The van der Waals surface area contributed by atoms with Crippen LogP contribution < -0.4 is 11.1 Å². The summed E-state index contributed by atoms with van der Waals surface area (Å²) in [5.74, 6) is 2.57. The molecule has 1 aliphatic heterocycles. The molecular formula is C19H29N7O. The highest BCUT2D eigenvalue weighted by molar-refractivity contribution is 5.85. The second-order valence-electron chi connectivity index (χ2n) is 8.04. The zero-order valence-electron chi connectivity index (χ0n) is 16.5. The molecule has 1 unspecified atom stereocenters. The van der Waals surface area contributed by atoms with Crippen molar-refractivity contribution in [3.63, 3.8) is 0 Å². The van der Waals surface area contributed by atoms with Gasteiger partial charge in [0.1, 0.15) is 11.6 Å². The fourth-order valence-corrected chi connectivity index (χ4v) is 3.53. The average Bonchev–Trinajstić information content (AvgIpc) is 2.98. The number of nitrogens with one attached hydrogen (secondary N) is 2. The molecule has 0 bridgehead atoms. The number of amides is 1. The Morgan fingerprint density at radius 3 is 2.78 bits per heavy atom. The van der Waals surface area contributed by atoms with E-state index in [4.69, 9.17) is 5.73 Å². The van der Waals surface area contributed by atoms with Crippen molar-refractivity contribution in [2.45, 2.75) is 52.5 Å². The Bertz CT molecular complexity index is 809. The van der Waals surface area contributed by atoms with Gasteiger partial charge in [0.05, 0.1) is 5.54 Å². The molecular weight excluding hydrogens is 342 g/mol. The lowest BCUT2D eigenvalue weighted by atomic mass is 9.91. The molecule has 1 aliphatic rings. The van der Waals surface area contributed by atoms with Gasteiger partial charge in [-0.25, -0.2) is 9.97 Å². The van der Waals surface area contributed by atoms with Gasteiger partial charge in [-0.3, -0.25) is 9.89 Å². The molecule has 1 saturated heterocycles. The number of aromatic amines is 1. The topological polar surface area (TPSA) is 113 Å². The summed E-state index contributed by atoms with van der Waals surface area (Å²) >= 11 is 0. The number of anilines is 2. The van der Waals surface area contributed by atoms with E-state index in [0.717, 1.165) is 55.4 Å². The number of carbonyl (C=O) groups is 1. The van der Waals surface area contributed by atoms with Crippen LogP contribution in [0.5, 0.6) is 0 Å². The molecule has 0 spiro atoms. The van der Waals surface area contributed by atoms with Gasteiger partial charge in [-0.15, -0.1) is 0 Å². The molecule has 1 atom stereocenters. The van der Waals surface area contributed by atoms with Crippen LogP contribution in [0.15, 0.2) is 12.1 Å². The quantitative estimate of drug-likeness (QED) is 0.742. The van der Waals surface area contributed by atoms with E-state index < -0.39 is 5.54 Å². The number of rotatable bonds is 5. The number of nitrogens with zero attached hydrogens (tertiary/aromatic N) is 4. The highest BCUT2D eigenvalue weighted by Gasteiger charge is 2.31. The van der Waals surface area contributed by atoms with Gasteiger partial charge in [0.15, 0.2) is 5.82 Å². The zero-order chi connectivity index (χ0) is 19.6. The third-order valence-electron chi connectivity index (χ3n) is 4.71. The van der Waals surface area contributed by atoms with Crippen molar-refractivity contribution in [1.29, 1.82) is 0 Å². The van der Waals surface area contributed by atoms with Crippen LogP contribution in [0.4, 0.5) is 11.6 Å². The number of nitrogens with two attached hydrogens (primary N) is 1. The predicted molar refractivity (Wildman–Crippen MR) is 105 cm³/mol. The van der Waals surface area contributed by atoms with Crippen LogP contribution in [-0.4, -0.2) is 49.6 Å². The van der Waals surface area contributed by atoms with Crippen LogP contribution in [0.25, 0.3) is 0 Å². The van der Waals surface area contributed by atoms with Crippen molar-refractivity contribution < 1.29 is 4.79 Å². The number of likely N-dealkylation sites (tertiary alicyclic amines) is 1. The van der Waals surface area contributed by atoms with Crippen LogP contribution >= 0.6 is 0 Å². The SMILES string of the molecule is Cc1nc(CC2CCCN(C(=O)C(C)(C)N)C2)cc(Nc2cc(C)[nH]n2)n1. The fraction of sp³-hybridized carbons (Fsp3) is 0.579. The number of H-pyrrole nitrogens is 1. The van der Waals surface area contributed by atoms with Gasteiger partial charge < -0.3 is 16.0 Å². The lowest BCUT2D eigenvalue weighted by Crippen LogP contribution is -2.53. The van der Waals surface area contributed by atoms with E-state index in [0.29, 0.717) is 11.7 Å². The number of hydrogen-bond donors (Lipinski definition) is 3. The maximum Gasteiger partial charge on any atom is 0.242 e. The minimum atomic E-state index is -0.827. The average molecular weight is 371 g/mol. The molecule has 3 heterocycles. The summed E-state index contributed by atoms with van der Waals surface area (Å²) in [5, 5.41) is 10.3. The third kappa shape index (κ3) is 5.03. The molecule has 2 aromatic heterocycles. The molecule has 1 amide bonds. The number of carbonyl (C=O) groups excluding carboxylic acids is 1. The van der Waals surface area contributed by atoms with E-state index in [9.17, 15) is 4.79 Å². The lowest BCUT2D eigenvalue weighted by Gasteiger charge is -2.36. The Balaban J connectivity index is 1.68. The Labute approximate surface area is 160 Å². The Morgan fingerprint density at radius 2 is 2.11 bits per heavy atom. The first-order valence-corrected chi connectivity index (χ1v) is 9.42. The van der Waals surface area contributed by atoms with Crippen molar-refractivity contribution in [1.82, 2.24) is 25.1 Å². The van der Waals surface area contributed by atoms with Crippen LogP contribution in [0.1, 0.15) is 43.9 Å². The van der Waals surface area contributed by atoms with Gasteiger partial charge in [-0.05, 0) is 52.9 Å². The van der Waals surface area contributed by atoms with Gasteiger partial charge in [-0.2, -0.15) is 5.10 Å². The minimum absolute atomic E-state index is 0.0160. The van der Waals surface area contributed by atoms with Crippen molar-refractivity contribution in [2.75, 3.05) is 18.4 Å². The largest absolute Gasteiger partial charge is 0.341 e. The standard InChI is InChI=1S/C19H29N7O/c1-12-8-17(25-24-12)23-16-10-15(21-13(2)22-16)9-14-6-5-7-26(11-14)18(27)19(3,4)20/h8,10,14H,5-7,9,11,20H2,1-4H3,(H2,21,22,23,24,25). The first-order valence-electron chi connectivity index (χ1n) is 9.42. The summed E-state index contributed by atoms with van der Waals surface area (Å²) in [6, 6.07) is 3.89. The molecule has 4 N–H and O–H groups in total. The molecule has 8 heteroatoms. The van der Waals surface area contributed by atoms with Crippen LogP contribution in [0.2, 0.25) is 0 Å². The third-order valence-corrected chi connectivity index (χ3v) is 4.71. The van der Waals surface area contributed by atoms with E-state index in [1.165, 1.54) is 0 Å². The first kappa shape index (κ1) is 19.3. The summed E-state index contributed by atoms with van der Waals surface area (Å²) in [6.07, 6.45) is 2.89. The van der Waals surface area contributed by atoms with E-state index in [1.54, 1.807) is 13.8 Å². The number of aromatic nitrogens is 4. The van der Waals surface area contributed by atoms with Gasteiger partial charge in [-0.1, -0.05) is 0 Å². The second-order valence-corrected chi connectivity index (χ2v) is 8.04. The van der Waals surface area contributed by atoms with Crippen molar-refractivity contribution in [2.24, 2.45) is 11.7 Å². The molecule has 0 radical (unpaired) electrons. The number of piperidine rings is 1. The monoisotopic (exact) mass is 371 g/mol. The molecule has 0 aromatic carbocycles. The maximum absolute atomic E-state index is 12.5. The summed E-state index contributed by atoms with van der Waals surface area (Å²) in [6.45, 7) is 8.88. The molecule has 0 saturated carbocycles. The Morgan fingerprint density at radius 1 is 1.33 bits per heavy atom. The minimum Gasteiger partial charge on any atom is -0.341 e. The van der Waals surface area contributed by atoms with E-state index >= 15 is 0 Å². The highest BCUT2D eigenvalue weighted by atomic mass is 16.2. The van der Waals surface area contributed by atoms with Gasteiger partial charge in [0.25, 0.3) is 0 Å². The Kier molecular flexibility index (Phi) is 5.46. The van der Waals surface area contributed by atoms with Crippen molar-refractivity contribution >= 4 is 17.5 Å². The van der Waals surface area contributed by atoms with E-state index in [1.807, 2.05) is 30.9 Å². The van der Waals surface area contributed by atoms with Gasteiger partial charge in [0.2, 0.25) is 5.91 Å². The van der Waals surface area contributed by atoms with Crippen LogP contribution in [0.3, 0.4) is 0 Å². The van der Waals surface area contributed by atoms with E-state index in [-0.39, 0.29) is 5.91 Å².